The van der Waals surface area contributed by atoms with E-state index in [-0.39, 0.29) is 0 Å². The van der Waals surface area contributed by atoms with Crippen LogP contribution in [0.4, 0.5) is 13.2 Å². The smallest absolute Gasteiger partial charge is 0.186 e. The van der Waals surface area contributed by atoms with Gasteiger partial charge in [0.05, 0.1) is 4.90 Å². The Balaban J connectivity index is 0.000000292. The Morgan fingerprint density at radius 2 is 1.57 bits per heavy atom. The zero-order valence-electron chi connectivity index (χ0n) is 7.28. The zero-order valence-corrected chi connectivity index (χ0v) is 10.1. The van der Waals surface area contributed by atoms with Crippen LogP contribution in [0.5, 0.6) is 0 Å². The van der Waals surface area contributed by atoms with Gasteiger partial charge in [0, 0.05) is 0 Å². The average Bonchev–Trinajstić information content (AvgIpc) is 2.03. The molecule has 7 heteroatoms. The van der Waals surface area contributed by atoms with Crippen molar-refractivity contribution in [2.75, 3.05) is 0 Å². The van der Waals surface area contributed by atoms with Crippen LogP contribution in [0.3, 0.4) is 0 Å². The van der Waals surface area contributed by atoms with Crippen LogP contribution in [0.25, 0.3) is 0 Å². The van der Waals surface area contributed by atoms with E-state index in [4.69, 9.17) is 4.55 Å². The molecule has 0 saturated heterocycles. The second-order valence-corrected chi connectivity index (χ2v) is 4.45. The van der Waals surface area contributed by atoms with Crippen LogP contribution in [0.1, 0.15) is 0 Å². The molecule has 0 aliphatic rings. The van der Waals surface area contributed by atoms with Crippen molar-refractivity contribution in [2.24, 2.45) is 0 Å². The number of hydrogen-bond donors (Lipinski definition) is 1. The third kappa shape index (κ3) is 10.2. The maximum absolute atomic E-state index is 10.4. The van der Waals surface area contributed by atoms with E-state index in [2.05, 4.69) is 0 Å². The van der Waals surface area contributed by atoms with E-state index in [0.29, 0.717) is 4.90 Å². The maximum Gasteiger partial charge on any atom is 0.186 e. The Morgan fingerprint density at radius 1 is 1.21 bits per heavy atom. The van der Waals surface area contributed by atoms with Crippen LogP contribution in [0.2, 0.25) is 0 Å². The van der Waals surface area contributed by atoms with Crippen molar-refractivity contribution in [3.05, 3.63) is 30.3 Å². The molecule has 0 heterocycles. The fourth-order valence-electron chi connectivity index (χ4n) is 0.537. The predicted molar refractivity (Wildman–Crippen MR) is 47.3 cm³/mol. The summed E-state index contributed by atoms with van der Waals surface area (Å²) in [5, 5.41) is 0. The van der Waals surface area contributed by atoms with Gasteiger partial charge >= 0.3 is 44.5 Å². The van der Waals surface area contributed by atoms with Crippen molar-refractivity contribution in [3.8, 4) is 0 Å². The molecule has 0 bridgehead atoms. The van der Waals surface area contributed by atoms with Gasteiger partial charge in [-0.05, 0) is 12.1 Å². The van der Waals surface area contributed by atoms with E-state index < -0.39 is 42.4 Å². The molecule has 0 amide bonds. The maximum atomic E-state index is 10.4. The van der Waals surface area contributed by atoms with Gasteiger partial charge in [-0.15, -0.1) is 0 Å². The van der Waals surface area contributed by atoms with Crippen LogP contribution in [0.15, 0.2) is 35.2 Å². The number of halogens is 3. The molecule has 0 saturated carbocycles. The molecule has 0 aliphatic carbocycles. The van der Waals surface area contributed by atoms with Gasteiger partial charge in [0.2, 0.25) is 0 Å². The zero-order chi connectivity index (χ0) is 11.2. The number of alkyl halides is 3. The Morgan fingerprint density at radius 3 is 1.79 bits per heavy atom. The standard InChI is InChI=1S/C6H6O2S.CF3.Na/c7-9(8)6-4-2-1-3-5-6;2-1(3)4;/h1-5H,(H,7,8);;. The third-order valence-corrected chi connectivity index (χ3v) is 1.62. The second kappa shape index (κ2) is 6.58. The molecule has 0 fully saturated rings. The molecule has 1 aromatic rings. The molecule has 1 aromatic carbocycles. The van der Waals surface area contributed by atoms with Crippen LogP contribution in [0, 0.1) is 0 Å². The SMILES string of the molecule is F[C](F)(F)[Na].O=S(O)c1ccccc1. The Bertz CT molecular complexity index is 283. The van der Waals surface area contributed by atoms with Gasteiger partial charge in [0.1, 0.15) is 0 Å². The first-order valence-electron chi connectivity index (χ1n) is 3.53. The number of rotatable bonds is 1. The van der Waals surface area contributed by atoms with Gasteiger partial charge < -0.3 is 4.55 Å². The first kappa shape index (κ1) is 14.1. The average molecular weight is 234 g/mol. The van der Waals surface area contributed by atoms with Crippen molar-refractivity contribution >= 4 is 39.0 Å². The van der Waals surface area contributed by atoms with Crippen LogP contribution in [-0.2, 0) is 11.1 Å². The molecule has 1 unspecified atom stereocenters. The molecule has 1 rings (SSSR count). The summed E-state index contributed by atoms with van der Waals surface area (Å²) in [5.74, 6) is 0. The van der Waals surface area contributed by atoms with Gasteiger partial charge in [0.25, 0.3) is 0 Å². The van der Waals surface area contributed by atoms with Crippen molar-refractivity contribution in [1.82, 2.24) is 0 Å². The Labute approximate surface area is 99.2 Å². The van der Waals surface area contributed by atoms with Crippen LogP contribution < -0.4 is 0 Å². The first-order valence-corrected chi connectivity index (χ1v) is 5.64. The third-order valence-electron chi connectivity index (χ3n) is 0.945. The predicted octanol–water partition coefficient (Wildman–Crippen LogP) is 1.94. The molecule has 0 aromatic heterocycles. The van der Waals surface area contributed by atoms with Crippen molar-refractivity contribution in [1.29, 1.82) is 0 Å². The molecule has 2 nitrogen and oxygen atoms in total. The topological polar surface area (TPSA) is 37.3 Å². The molecular weight excluding hydrogens is 228 g/mol. The summed E-state index contributed by atoms with van der Waals surface area (Å²) in [7, 11) is 0. The van der Waals surface area contributed by atoms with Crippen molar-refractivity contribution in [2.45, 2.75) is 8.32 Å². The van der Waals surface area contributed by atoms with Gasteiger partial charge in [0.15, 0.2) is 11.1 Å². The summed E-state index contributed by atoms with van der Waals surface area (Å²) >= 11 is -2.52. The molecule has 1 N–H and O–H groups in total. The molecule has 14 heavy (non-hydrogen) atoms. The molecule has 0 spiro atoms. The van der Waals surface area contributed by atoms with E-state index in [0.717, 1.165) is 0 Å². The summed E-state index contributed by atoms with van der Waals surface area (Å²) in [6, 6.07) is 8.47. The minimum atomic E-state index is -3.86. The van der Waals surface area contributed by atoms with Gasteiger partial charge in [-0.1, -0.05) is 18.2 Å². The minimum Gasteiger partial charge on any atom is -0.302 e. The fraction of sp³-hybridized carbons (Fsp3) is 0.143. The molecule has 1 atom stereocenters. The van der Waals surface area contributed by atoms with Gasteiger partial charge in [-0.3, -0.25) is 0 Å². The fourth-order valence-corrected chi connectivity index (χ4v) is 0.927. The van der Waals surface area contributed by atoms with Crippen LogP contribution in [-0.4, -0.2) is 40.1 Å². The van der Waals surface area contributed by atoms with Crippen LogP contribution >= 0.6 is 0 Å². The van der Waals surface area contributed by atoms with Crippen molar-refractivity contribution < 1.29 is 21.9 Å². The Kier molecular flexibility index (Phi) is 6.63. The van der Waals surface area contributed by atoms with E-state index in [1.807, 2.05) is 0 Å². The molecule has 74 valence electrons. The van der Waals surface area contributed by atoms with E-state index in [1.54, 1.807) is 30.3 Å². The normalized spacial score (nSPS) is 12.7. The quantitative estimate of drug-likeness (QED) is 0.595. The van der Waals surface area contributed by atoms with E-state index >= 15 is 0 Å². The van der Waals surface area contributed by atoms with Crippen molar-refractivity contribution in [3.63, 3.8) is 0 Å². The molecular formula is C7H6F3NaO2S. The van der Waals surface area contributed by atoms with Gasteiger partial charge in [-0.2, -0.15) is 0 Å². The Hall–Kier alpha value is 0.120. The van der Waals surface area contributed by atoms with E-state index in [1.165, 1.54) is 0 Å². The summed E-state index contributed by atoms with van der Waals surface area (Å²) < 4.78 is 46.2. The summed E-state index contributed by atoms with van der Waals surface area (Å²) in [4.78, 5) is 0.442. The monoisotopic (exact) mass is 234 g/mol. The summed E-state index contributed by atoms with van der Waals surface area (Å²) in [6.07, 6.45) is 0. The minimum absolute atomic E-state index is 0.442. The second-order valence-electron chi connectivity index (χ2n) is 2.34. The summed E-state index contributed by atoms with van der Waals surface area (Å²) in [5.41, 5.74) is 0. The largest absolute Gasteiger partial charge is 0.302 e. The molecule has 0 radical (unpaired) electrons. The summed E-state index contributed by atoms with van der Waals surface area (Å²) in [6.45, 7) is 0. The molecule has 0 aliphatic heterocycles. The van der Waals surface area contributed by atoms with Gasteiger partial charge in [-0.25, -0.2) is 4.21 Å². The number of benzene rings is 1. The first-order chi connectivity index (χ1) is 6.30. The number of hydrogen-bond acceptors (Lipinski definition) is 1. The van der Waals surface area contributed by atoms with E-state index in [9.17, 15) is 17.4 Å².